The number of rotatable bonds is 4. The fourth-order valence-corrected chi connectivity index (χ4v) is 3.29. The van der Waals surface area contributed by atoms with Gasteiger partial charge in [-0.25, -0.2) is 0 Å². The van der Waals surface area contributed by atoms with Gasteiger partial charge in [0.25, 0.3) is 0 Å². The lowest BCUT2D eigenvalue weighted by Crippen LogP contribution is -2.23. The third-order valence-electron chi connectivity index (χ3n) is 4.05. The molecule has 0 aliphatic heterocycles. The number of benzene rings is 1. The summed E-state index contributed by atoms with van der Waals surface area (Å²) >= 11 is 6.08. The monoisotopic (exact) mass is 267 g/mol. The molecule has 0 aromatic heterocycles. The van der Waals surface area contributed by atoms with E-state index in [1.54, 1.807) is 7.11 Å². The van der Waals surface area contributed by atoms with Crippen LogP contribution in [0.5, 0.6) is 5.75 Å². The zero-order valence-corrected chi connectivity index (χ0v) is 12.1. The first-order valence-electron chi connectivity index (χ1n) is 6.66. The van der Waals surface area contributed by atoms with E-state index in [9.17, 15) is 0 Å². The van der Waals surface area contributed by atoms with Gasteiger partial charge in [0.1, 0.15) is 5.75 Å². The Morgan fingerprint density at radius 1 is 1.39 bits per heavy atom. The molecule has 1 fully saturated rings. The Kier molecular flexibility index (Phi) is 4.52. The lowest BCUT2D eigenvalue weighted by molar-refractivity contribution is 0.375. The summed E-state index contributed by atoms with van der Waals surface area (Å²) in [6.45, 7) is 2.34. The fraction of sp³-hybridized carbons (Fsp3) is 0.600. The van der Waals surface area contributed by atoms with E-state index in [0.717, 1.165) is 17.6 Å². The predicted molar refractivity (Wildman–Crippen MR) is 76.3 cm³/mol. The maximum Gasteiger partial charge on any atom is 0.137 e. The number of methoxy groups -OCH3 is 1. The number of halogens is 1. The molecule has 3 unspecified atom stereocenters. The molecule has 1 aromatic rings. The van der Waals surface area contributed by atoms with E-state index in [0.29, 0.717) is 11.1 Å². The zero-order valence-electron chi connectivity index (χ0n) is 11.4. The Morgan fingerprint density at radius 2 is 2.17 bits per heavy atom. The molecule has 0 spiro atoms. The molecule has 2 rings (SSSR count). The second-order valence-corrected chi connectivity index (χ2v) is 5.75. The van der Waals surface area contributed by atoms with Gasteiger partial charge in [-0.05, 0) is 49.4 Å². The van der Waals surface area contributed by atoms with Crippen LogP contribution in [0.1, 0.15) is 37.8 Å². The number of hydrogen-bond acceptors (Lipinski definition) is 2. The van der Waals surface area contributed by atoms with Crippen molar-refractivity contribution in [2.24, 2.45) is 11.8 Å². The minimum absolute atomic E-state index is 0.404. The van der Waals surface area contributed by atoms with Crippen molar-refractivity contribution < 1.29 is 4.74 Å². The number of hydrogen-bond donors (Lipinski definition) is 1. The molecule has 2 nitrogen and oxygen atoms in total. The lowest BCUT2D eigenvalue weighted by Gasteiger charge is -2.24. The van der Waals surface area contributed by atoms with Crippen LogP contribution in [-0.4, -0.2) is 14.2 Å². The van der Waals surface area contributed by atoms with Crippen molar-refractivity contribution in [1.82, 2.24) is 5.32 Å². The molecule has 0 saturated heterocycles. The fourth-order valence-electron chi connectivity index (χ4n) is 3.10. The van der Waals surface area contributed by atoms with Crippen LogP contribution in [0.15, 0.2) is 18.2 Å². The molecule has 1 N–H and O–H groups in total. The van der Waals surface area contributed by atoms with Crippen molar-refractivity contribution in [1.29, 1.82) is 0 Å². The van der Waals surface area contributed by atoms with Gasteiger partial charge in [0.05, 0.1) is 12.1 Å². The molecular formula is C15H22ClNO. The van der Waals surface area contributed by atoms with Crippen molar-refractivity contribution in [3.8, 4) is 5.75 Å². The van der Waals surface area contributed by atoms with E-state index in [1.807, 2.05) is 13.1 Å². The molecule has 1 aliphatic carbocycles. The van der Waals surface area contributed by atoms with Crippen LogP contribution in [-0.2, 0) is 0 Å². The van der Waals surface area contributed by atoms with Gasteiger partial charge in [-0.15, -0.1) is 0 Å². The minimum Gasteiger partial charge on any atom is -0.495 e. The summed E-state index contributed by atoms with van der Waals surface area (Å²) in [6.07, 6.45) is 3.95. The number of ether oxygens (including phenoxy) is 1. The second-order valence-electron chi connectivity index (χ2n) is 5.34. The largest absolute Gasteiger partial charge is 0.495 e. The second kappa shape index (κ2) is 5.94. The third kappa shape index (κ3) is 2.81. The third-order valence-corrected chi connectivity index (χ3v) is 4.36. The van der Waals surface area contributed by atoms with Crippen LogP contribution in [0.25, 0.3) is 0 Å². The standard InChI is InChI=1S/C15H22ClNO/c1-10-4-5-11(8-10)15(17-2)12-6-7-13(16)14(9-12)18-3/h6-7,9-11,15,17H,4-5,8H2,1-3H3. The van der Waals surface area contributed by atoms with E-state index in [1.165, 1.54) is 24.8 Å². The quantitative estimate of drug-likeness (QED) is 0.889. The highest BCUT2D eigenvalue weighted by Gasteiger charge is 2.29. The molecule has 0 amide bonds. The van der Waals surface area contributed by atoms with Crippen LogP contribution in [0.4, 0.5) is 0 Å². The highest BCUT2D eigenvalue weighted by Crippen LogP contribution is 2.40. The van der Waals surface area contributed by atoms with Crippen molar-refractivity contribution >= 4 is 11.6 Å². The summed E-state index contributed by atoms with van der Waals surface area (Å²) in [4.78, 5) is 0. The summed E-state index contributed by atoms with van der Waals surface area (Å²) in [6, 6.07) is 6.50. The molecule has 1 saturated carbocycles. The Morgan fingerprint density at radius 3 is 2.72 bits per heavy atom. The molecule has 1 aliphatic rings. The van der Waals surface area contributed by atoms with E-state index >= 15 is 0 Å². The average molecular weight is 268 g/mol. The average Bonchev–Trinajstić information content (AvgIpc) is 2.79. The van der Waals surface area contributed by atoms with Gasteiger partial charge in [-0.2, -0.15) is 0 Å². The molecule has 0 radical (unpaired) electrons. The summed E-state index contributed by atoms with van der Waals surface area (Å²) < 4.78 is 5.30. The Hall–Kier alpha value is -0.730. The Balaban J connectivity index is 2.22. The highest BCUT2D eigenvalue weighted by atomic mass is 35.5. The lowest BCUT2D eigenvalue weighted by atomic mass is 9.91. The van der Waals surface area contributed by atoms with Gasteiger partial charge in [0, 0.05) is 6.04 Å². The van der Waals surface area contributed by atoms with Gasteiger partial charge >= 0.3 is 0 Å². The molecular weight excluding hydrogens is 246 g/mol. The van der Waals surface area contributed by atoms with Gasteiger partial charge in [0.15, 0.2) is 0 Å². The SMILES string of the molecule is CNC(c1ccc(Cl)c(OC)c1)C1CCC(C)C1. The molecule has 100 valence electrons. The summed E-state index contributed by atoms with van der Waals surface area (Å²) in [5.41, 5.74) is 1.28. The first kappa shape index (κ1) is 13.7. The van der Waals surface area contributed by atoms with Crippen LogP contribution in [0, 0.1) is 11.8 Å². The Labute approximate surface area is 115 Å². The topological polar surface area (TPSA) is 21.3 Å². The van der Waals surface area contributed by atoms with Gasteiger partial charge in [-0.3, -0.25) is 0 Å². The first-order chi connectivity index (χ1) is 8.65. The van der Waals surface area contributed by atoms with Crippen LogP contribution in [0.3, 0.4) is 0 Å². The van der Waals surface area contributed by atoms with E-state index in [-0.39, 0.29) is 0 Å². The smallest absolute Gasteiger partial charge is 0.137 e. The van der Waals surface area contributed by atoms with Crippen molar-refractivity contribution in [3.63, 3.8) is 0 Å². The molecule has 0 heterocycles. The molecule has 3 heteroatoms. The summed E-state index contributed by atoms with van der Waals surface area (Å²) in [5, 5.41) is 4.13. The molecule has 18 heavy (non-hydrogen) atoms. The van der Waals surface area contributed by atoms with Gasteiger partial charge in [-0.1, -0.05) is 31.0 Å². The Bertz CT molecular complexity index is 407. The summed E-state index contributed by atoms with van der Waals surface area (Å²) in [7, 11) is 3.70. The first-order valence-corrected chi connectivity index (χ1v) is 7.04. The van der Waals surface area contributed by atoms with E-state index < -0.39 is 0 Å². The zero-order chi connectivity index (χ0) is 13.1. The van der Waals surface area contributed by atoms with E-state index in [4.69, 9.17) is 16.3 Å². The van der Waals surface area contributed by atoms with Crippen LogP contribution >= 0.6 is 11.6 Å². The van der Waals surface area contributed by atoms with Crippen LogP contribution < -0.4 is 10.1 Å². The van der Waals surface area contributed by atoms with Gasteiger partial charge < -0.3 is 10.1 Å². The number of nitrogens with one attached hydrogen (secondary N) is 1. The minimum atomic E-state index is 0.404. The van der Waals surface area contributed by atoms with Gasteiger partial charge in [0.2, 0.25) is 0 Å². The predicted octanol–water partition coefficient (Wildman–Crippen LogP) is 4.05. The maximum absolute atomic E-state index is 6.08. The molecule has 1 aromatic carbocycles. The van der Waals surface area contributed by atoms with E-state index in [2.05, 4.69) is 24.4 Å². The summed E-state index contributed by atoms with van der Waals surface area (Å²) in [5.74, 6) is 2.33. The van der Waals surface area contributed by atoms with Crippen molar-refractivity contribution in [2.75, 3.05) is 14.2 Å². The molecule has 3 atom stereocenters. The maximum atomic E-state index is 6.08. The normalized spacial score (nSPS) is 25.1. The van der Waals surface area contributed by atoms with Crippen LogP contribution in [0.2, 0.25) is 5.02 Å². The van der Waals surface area contributed by atoms with Crippen molar-refractivity contribution in [2.45, 2.75) is 32.2 Å². The highest BCUT2D eigenvalue weighted by molar-refractivity contribution is 6.32. The van der Waals surface area contributed by atoms with Crippen molar-refractivity contribution in [3.05, 3.63) is 28.8 Å². The molecule has 0 bridgehead atoms.